The fraction of sp³-hybridized carbons (Fsp3) is 0.714. The number of fused-ring (bicyclic) bond motifs is 1. The minimum Gasteiger partial charge on any atom is -0.460 e. The maximum atomic E-state index is 11.4. The number of aliphatic hydroxyl groups excluding tert-OH is 2. The lowest BCUT2D eigenvalue weighted by atomic mass is 10.0. The van der Waals surface area contributed by atoms with Crippen molar-refractivity contribution in [2.45, 2.75) is 56.9 Å². The van der Waals surface area contributed by atoms with E-state index in [-0.39, 0.29) is 62.5 Å². The summed E-state index contributed by atoms with van der Waals surface area (Å²) in [6.45, 7) is 10.2. The van der Waals surface area contributed by atoms with Crippen LogP contribution in [0.2, 0.25) is 0 Å². The largest absolute Gasteiger partial charge is 0.460 e. The molecule has 2 aliphatic rings. The molecule has 0 amide bonds. The summed E-state index contributed by atoms with van der Waals surface area (Å²) in [6.07, 6.45) is -2.90. The number of hydrogen-bond donors (Lipinski definition) is 2. The molecule has 2 saturated heterocycles. The normalized spacial score (nSPS) is 27.1. The third-order valence-corrected chi connectivity index (χ3v) is 4.74. The second-order valence-corrected chi connectivity index (χ2v) is 7.73. The first kappa shape index (κ1) is 25.4. The molecule has 2 aliphatic heterocycles. The Labute approximate surface area is 181 Å². The Morgan fingerprint density at radius 2 is 1.35 bits per heavy atom. The van der Waals surface area contributed by atoms with Crippen molar-refractivity contribution in [3.63, 3.8) is 0 Å². The monoisotopic (exact) mass is 444 g/mol. The predicted octanol–water partition coefficient (Wildman–Crippen LogP) is -0.0951. The summed E-state index contributed by atoms with van der Waals surface area (Å²) in [5.74, 6) is -1.14. The van der Waals surface area contributed by atoms with Crippen molar-refractivity contribution >= 4 is 11.9 Å². The third kappa shape index (κ3) is 7.99. The minimum absolute atomic E-state index is 0.0287. The van der Waals surface area contributed by atoms with Crippen molar-refractivity contribution < 1.29 is 48.2 Å². The van der Waals surface area contributed by atoms with Crippen molar-refractivity contribution in [1.82, 2.24) is 0 Å². The van der Waals surface area contributed by atoms with Crippen LogP contribution in [0.15, 0.2) is 24.3 Å². The first-order valence-corrected chi connectivity index (χ1v) is 10.2. The molecule has 0 aromatic rings. The smallest absolute Gasteiger partial charge is 0.333 e. The molecule has 0 aromatic carbocycles. The maximum Gasteiger partial charge on any atom is 0.333 e. The fourth-order valence-electron chi connectivity index (χ4n) is 3.09. The van der Waals surface area contributed by atoms with Gasteiger partial charge >= 0.3 is 11.9 Å². The summed E-state index contributed by atoms with van der Waals surface area (Å²) in [6, 6.07) is 0. The second-order valence-electron chi connectivity index (χ2n) is 7.73. The van der Waals surface area contributed by atoms with Gasteiger partial charge in [0.1, 0.15) is 43.7 Å². The molecular formula is C21H32O10. The van der Waals surface area contributed by atoms with Crippen LogP contribution in [0.1, 0.15) is 20.3 Å². The maximum absolute atomic E-state index is 11.4. The van der Waals surface area contributed by atoms with E-state index >= 15 is 0 Å². The van der Waals surface area contributed by atoms with E-state index in [0.717, 1.165) is 0 Å². The molecule has 0 bridgehead atoms. The van der Waals surface area contributed by atoms with Gasteiger partial charge in [0.2, 0.25) is 0 Å². The Morgan fingerprint density at radius 1 is 0.871 bits per heavy atom. The van der Waals surface area contributed by atoms with Gasteiger partial charge in [-0.05, 0) is 20.3 Å². The van der Waals surface area contributed by atoms with Gasteiger partial charge in [-0.2, -0.15) is 0 Å². The Balaban J connectivity index is 1.72. The molecule has 10 heteroatoms. The van der Waals surface area contributed by atoms with E-state index in [4.69, 9.17) is 28.4 Å². The highest BCUT2D eigenvalue weighted by Gasteiger charge is 2.46. The van der Waals surface area contributed by atoms with Gasteiger partial charge in [-0.1, -0.05) is 13.2 Å². The molecule has 0 aromatic heterocycles. The van der Waals surface area contributed by atoms with Crippen LogP contribution >= 0.6 is 0 Å². The molecule has 2 heterocycles. The van der Waals surface area contributed by atoms with Crippen molar-refractivity contribution in [1.29, 1.82) is 0 Å². The molecule has 0 saturated carbocycles. The van der Waals surface area contributed by atoms with Crippen LogP contribution in [0.3, 0.4) is 0 Å². The van der Waals surface area contributed by atoms with Gasteiger partial charge in [0.25, 0.3) is 0 Å². The Hall–Kier alpha value is -1.82. The average molecular weight is 444 g/mol. The molecule has 0 aliphatic carbocycles. The molecule has 0 spiro atoms. The number of esters is 2. The highest BCUT2D eigenvalue weighted by molar-refractivity contribution is 5.87. The van der Waals surface area contributed by atoms with E-state index in [1.54, 1.807) is 0 Å². The zero-order valence-corrected chi connectivity index (χ0v) is 18.0. The molecule has 10 nitrogen and oxygen atoms in total. The number of carbonyl (C=O) groups excluding carboxylic acids is 2. The summed E-state index contributed by atoms with van der Waals surface area (Å²) in [4.78, 5) is 22.8. The van der Waals surface area contributed by atoms with Gasteiger partial charge in [0.05, 0.1) is 25.9 Å². The van der Waals surface area contributed by atoms with Gasteiger partial charge in [-0.3, -0.25) is 0 Å². The molecule has 6 unspecified atom stereocenters. The van der Waals surface area contributed by atoms with Gasteiger partial charge in [-0.25, -0.2) is 9.59 Å². The highest BCUT2D eigenvalue weighted by atomic mass is 16.6. The fourth-order valence-corrected chi connectivity index (χ4v) is 3.09. The number of ether oxygens (including phenoxy) is 6. The number of carbonyl (C=O) groups is 2. The minimum atomic E-state index is -0.991. The molecule has 6 atom stereocenters. The van der Waals surface area contributed by atoms with Gasteiger partial charge in [-0.15, -0.1) is 0 Å². The van der Waals surface area contributed by atoms with Gasteiger partial charge in [0.15, 0.2) is 0 Å². The van der Waals surface area contributed by atoms with E-state index in [1.807, 2.05) is 0 Å². The summed E-state index contributed by atoms with van der Waals surface area (Å²) >= 11 is 0. The van der Waals surface area contributed by atoms with Crippen LogP contribution < -0.4 is 0 Å². The zero-order valence-electron chi connectivity index (χ0n) is 18.0. The number of hydrogen-bond acceptors (Lipinski definition) is 10. The first-order valence-electron chi connectivity index (χ1n) is 10.2. The number of rotatable bonds is 12. The summed E-state index contributed by atoms with van der Waals surface area (Å²) < 4.78 is 32.8. The lowest BCUT2D eigenvalue weighted by molar-refractivity contribution is -0.166. The topological polar surface area (TPSA) is 130 Å². The quantitative estimate of drug-likeness (QED) is 0.311. The van der Waals surface area contributed by atoms with E-state index in [2.05, 4.69) is 13.2 Å². The number of aliphatic hydroxyl groups is 2. The van der Waals surface area contributed by atoms with E-state index < -0.39 is 30.3 Å². The lowest BCUT2D eigenvalue weighted by Gasteiger charge is -2.34. The third-order valence-electron chi connectivity index (χ3n) is 4.74. The van der Waals surface area contributed by atoms with Crippen LogP contribution in [0.5, 0.6) is 0 Å². The highest BCUT2D eigenvalue weighted by Crippen LogP contribution is 2.30. The van der Waals surface area contributed by atoms with Crippen molar-refractivity contribution in [2.24, 2.45) is 0 Å². The molecular weight excluding hydrogens is 412 g/mol. The van der Waals surface area contributed by atoms with Crippen LogP contribution in [-0.2, 0) is 38.0 Å². The summed E-state index contributed by atoms with van der Waals surface area (Å²) in [5, 5.41) is 19.9. The first-order chi connectivity index (χ1) is 14.7. The summed E-state index contributed by atoms with van der Waals surface area (Å²) in [5.41, 5.74) is 0.505. The summed E-state index contributed by atoms with van der Waals surface area (Å²) in [7, 11) is 0. The second kappa shape index (κ2) is 12.3. The van der Waals surface area contributed by atoms with Crippen molar-refractivity contribution in [3.8, 4) is 0 Å². The van der Waals surface area contributed by atoms with Crippen LogP contribution in [0.4, 0.5) is 0 Å². The van der Waals surface area contributed by atoms with Crippen LogP contribution in [0, 0.1) is 0 Å². The molecule has 2 rings (SSSR count). The zero-order chi connectivity index (χ0) is 23.0. The van der Waals surface area contributed by atoms with Crippen LogP contribution in [-0.4, -0.2) is 98.4 Å². The SMILES string of the molecule is C=C(C)C(=O)OCC(O)COC1CCOC2C(OCC(O)COC(=O)C(=C)C)COC12. The molecule has 0 radical (unpaired) electrons. The van der Waals surface area contributed by atoms with E-state index in [9.17, 15) is 19.8 Å². The van der Waals surface area contributed by atoms with Gasteiger partial charge in [0, 0.05) is 17.8 Å². The van der Waals surface area contributed by atoms with Gasteiger partial charge < -0.3 is 38.6 Å². The lowest BCUT2D eigenvalue weighted by Crippen LogP contribution is -2.48. The Morgan fingerprint density at radius 3 is 1.87 bits per heavy atom. The Bertz CT molecular complexity index is 648. The molecule has 176 valence electrons. The van der Waals surface area contributed by atoms with E-state index in [0.29, 0.717) is 13.0 Å². The van der Waals surface area contributed by atoms with Crippen molar-refractivity contribution in [3.05, 3.63) is 24.3 Å². The standard InChI is InChI=1S/C21H32O10/c1-12(2)20(24)30-9-14(22)7-27-16-5-6-26-19-17(11-29-18(16)19)28-8-15(23)10-31-21(25)13(3)4/h14-19,22-23H,1,3,5-11H2,2,4H3. The molecule has 2 fully saturated rings. The predicted molar refractivity (Wildman–Crippen MR) is 107 cm³/mol. The van der Waals surface area contributed by atoms with Crippen LogP contribution in [0.25, 0.3) is 0 Å². The Kier molecular flexibility index (Phi) is 10.1. The molecule has 2 N–H and O–H groups in total. The molecule has 31 heavy (non-hydrogen) atoms. The van der Waals surface area contributed by atoms with Crippen molar-refractivity contribution in [2.75, 3.05) is 39.6 Å². The average Bonchev–Trinajstić information content (AvgIpc) is 3.16. The van der Waals surface area contributed by atoms with E-state index in [1.165, 1.54) is 13.8 Å².